The Bertz CT molecular complexity index is 633. The molecule has 7 nitrogen and oxygen atoms in total. The van der Waals surface area contributed by atoms with E-state index < -0.39 is 5.63 Å². The molecule has 7 heteroatoms. The molecular weight excluding hydrogens is 236 g/mol. The monoisotopic (exact) mass is 250 g/mol. The predicted octanol–water partition coefficient (Wildman–Crippen LogP) is 0.300. The fourth-order valence-corrected chi connectivity index (χ4v) is 2.61. The summed E-state index contributed by atoms with van der Waals surface area (Å²) in [6, 6.07) is 0.0619. The van der Waals surface area contributed by atoms with E-state index >= 15 is 0 Å². The van der Waals surface area contributed by atoms with E-state index in [1.54, 1.807) is 6.33 Å². The minimum atomic E-state index is -0.562. The largest absolute Gasteiger partial charge is 0.396 e. The van der Waals surface area contributed by atoms with Crippen molar-refractivity contribution in [1.82, 2.24) is 14.5 Å². The molecule has 0 unspecified atom stereocenters. The van der Waals surface area contributed by atoms with Crippen LogP contribution in [-0.4, -0.2) is 26.2 Å². The molecule has 0 radical (unpaired) electrons. The average molecular weight is 250 g/mol. The lowest BCUT2D eigenvalue weighted by molar-refractivity contribution is 0.226. The lowest BCUT2D eigenvalue weighted by atomic mass is 10.1. The van der Waals surface area contributed by atoms with Crippen LogP contribution < -0.4 is 11.4 Å². The van der Waals surface area contributed by atoms with Gasteiger partial charge < -0.3 is 19.8 Å². The van der Waals surface area contributed by atoms with Gasteiger partial charge in [0.05, 0.1) is 6.33 Å². The summed E-state index contributed by atoms with van der Waals surface area (Å²) in [5, 5.41) is 9.16. The van der Waals surface area contributed by atoms with Gasteiger partial charge in [-0.05, 0) is 25.2 Å². The Morgan fingerprint density at radius 3 is 3.11 bits per heavy atom. The zero-order valence-electron chi connectivity index (χ0n) is 9.74. The Balaban J connectivity index is 2.05. The van der Waals surface area contributed by atoms with Crippen LogP contribution in [0.1, 0.15) is 25.3 Å². The zero-order chi connectivity index (χ0) is 12.7. The molecule has 0 aliphatic heterocycles. The van der Waals surface area contributed by atoms with Crippen LogP contribution in [-0.2, 0) is 0 Å². The summed E-state index contributed by atoms with van der Waals surface area (Å²) in [6.45, 7) is 0.195. The topological polar surface area (TPSA) is 107 Å². The van der Waals surface area contributed by atoms with E-state index in [0.29, 0.717) is 11.6 Å². The summed E-state index contributed by atoms with van der Waals surface area (Å²) < 4.78 is 6.56. The van der Waals surface area contributed by atoms with Crippen molar-refractivity contribution in [3.05, 3.63) is 16.7 Å². The number of imidazole rings is 1. The summed E-state index contributed by atoms with van der Waals surface area (Å²) >= 11 is 0. The quantitative estimate of drug-likeness (QED) is 0.793. The Kier molecular flexibility index (Phi) is 2.55. The maximum Gasteiger partial charge on any atom is 0.368 e. The van der Waals surface area contributed by atoms with Gasteiger partial charge >= 0.3 is 5.63 Å². The first-order valence-corrected chi connectivity index (χ1v) is 5.93. The van der Waals surface area contributed by atoms with Crippen LogP contribution in [0.25, 0.3) is 11.2 Å². The maximum atomic E-state index is 11.5. The number of nitrogens with two attached hydrogens (primary N) is 1. The van der Waals surface area contributed by atoms with E-state index in [4.69, 9.17) is 15.3 Å². The van der Waals surface area contributed by atoms with Gasteiger partial charge in [-0.2, -0.15) is 4.98 Å². The molecule has 1 saturated carbocycles. The van der Waals surface area contributed by atoms with Crippen molar-refractivity contribution in [1.29, 1.82) is 0 Å². The molecule has 3 N–H and O–H groups in total. The lowest BCUT2D eigenvalue weighted by Crippen LogP contribution is -2.10. The second-order valence-electron chi connectivity index (χ2n) is 4.68. The summed E-state index contributed by atoms with van der Waals surface area (Å²) in [7, 11) is 0. The normalized spacial score (nSPS) is 23.8. The molecule has 3 rings (SSSR count). The van der Waals surface area contributed by atoms with Crippen molar-refractivity contribution in [2.24, 2.45) is 5.92 Å². The number of nitrogens with zero attached hydrogens (tertiary/aromatic N) is 3. The van der Waals surface area contributed by atoms with Gasteiger partial charge in [0.25, 0.3) is 6.01 Å². The molecule has 1 aliphatic rings. The summed E-state index contributed by atoms with van der Waals surface area (Å²) in [5.41, 5.74) is 5.55. The minimum Gasteiger partial charge on any atom is -0.396 e. The van der Waals surface area contributed by atoms with Crippen molar-refractivity contribution in [3.63, 3.8) is 0 Å². The summed E-state index contributed by atoms with van der Waals surface area (Å²) in [4.78, 5) is 19.6. The van der Waals surface area contributed by atoms with Crippen LogP contribution >= 0.6 is 0 Å². The highest BCUT2D eigenvalue weighted by molar-refractivity contribution is 5.69. The first kappa shape index (κ1) is 11.2. The first-order valence-electron chi connectivity index (χ1n) is 5.93. The van der Waals surface area contributed by atoms with Crippen LogP contribution in [0.5, 0.6) is 0 Å². The fraction of sp³-hybridized carbons (Fsp3) is 0.545. The van der Waals surface area contributed by atoms with Crippen molar-refractivity contribution >= 4 is 17.2 Å². The second kappa shape index (κ2) is 4.09. The lowest BCUT2D eigenvalue weighted by Gasteiger charge is -2.12. The van der Waals surface area contributed by atoms with Gasteiger partial charge in [0.1, 0.15) is 0 Å². The Hall–Kier alpha value is -1.89. The molecule has 0 spiro atoms. The zero-order valence-corrected chi connectivity index (χ0v) is 9.74. The van der Waals surface area contributed by atoms with E-state index in [2.05, 4.69) is 9.97 Å². The molecule has 18 heavy (non-hydrogen) atoms. The highest BCUT2D eigenvalue weighted by atomic mass is 16.4. The van der Waals surface area contributed by atoms with Gasteiger partial charge in [0, 0.05) is 12.6 Å². The molecule has 1 aliphatic carbocycles. The average Bonchev–Trinajstić information content (AvgIpc) is 2.93. The number of hydrogen-bond acceptors (Lipinski definition) is 6. The molecule has 2 heterocycles. The molecular formula is C11H14N4O3. The van der Waals surface area contributed by atoms with E-state index in [9.17, 15) is 4.79 Å². The van der Waals surface area contributed by atoms with Gasteiger partial charge in [0.2, 0.25) is 0 Å². The predicted molar refractivity (Wildman–Crippen MR) is 63.9 cm³/mol. The molecule has 0 aromatic carbocycles. The first-order chi connectivity index (χ1) is 8.69. The van der Waals surface area contributed by atoms with E-state index in [-0.39, 0.29) is 24.2 Å². The van der Waals surface area contributed by atoms with Crippen molar-refractivity contribution in [3.8, 4) is 0 Å². The van der Waals surface area contributed by atoms with Gasteiger partial charge in [-0.1, -0.05) is 0 Å². The highest BCUT2D eigenvalue weighted by Gasteiger charge is 2.27. The van der Waals surface area contributed by atoms with Gasteiger partial charge in [-0.3, -0.25) is 0 Å². The Labute approximate surface area is 102 Å². The smallest absolute Gasteiger partial charge is 0.368 e. The fourth-order valence-electron chi connectivity index (χ4n) is 2.61. The van der Waals surface area contributed by atoms with Crippen molar-refractivity contribution in [2.45, 2.75) is 25.3 Å². The second-order valence-corrected chi connectivity index (χ2v) is 4.68. The van der Waals surface area contributed by atoms with Gasteiger partial charge in [-0.25, -0.2) is 9.78 Å². The van der Waals surface area contributed by atoms with Gasteiger partial charge in [-0.15, -0.1) is 0 Å². The third kappa shape index (κ3) is 1.67. The number of aliphatic hydroxyl groups is 1. The van der Waals surface area contributed by atoms with Crippen LogP contribution in [0.2, 0.25) is 0 Å². The number of aliphatic hydroxyl groups excluding tert-OH is 1. The number of anilines is 1. The number of aromatic nitrogens is 3. The Morgan fingerprint density at radius 2 is 2.39 bits per heavy atom. The SMILES string of the molecule is Nc1nc2c(ncn2[C@H]2CC[C@@H](CO)C2)c(=O)o1. The molecule has 0 amide bonds. The molecule has 2 atom stereocenters. The summed E-state index contributed by atoms with van der Waals surface area (Å²) in [5.74, 6) is 0.310. The van der Waals surface area contributed by atoms with Gasteiger partial charge in [0.15, 0.2) is 11.2 Å². The molecule has 0 bridgehead atoms. The molecule has 2 aromatic heterocycles. The van der Waals surface area contributed by atoms with Crippen molar-refractivity contribution < 1.29 is 9.52 Å². The van der Waals surface area contributed by atoms with Crippen LogP contribution in [0.15, 0.2) is 15.5 Å². The number of hydrogen-bond donors (Lipinski definition) is 2. The van der Waals surface area contributed by atoms with Crippen LogP contribution in [0.4, 0.5) is 6.01 Å². The Morgan fingerprint density at radius 1 is 1.56 bits per heavy atom. The molecule has 2 aromatic rings. The summed E-state index contributed by atoms with van der Waals surface area (Å²) in [6.07, 6.45) is 4.37. The van der Waals surface area contributed by atoms with Crippen LogP contribution in [0, 0.1) is 5.92 Å². The standard InChI is InChI=1S/C11H14N4O3/c12-11-14-9-8(10(17)18-11)13-5-15(9)7-2-1-6(3-7)4-16/h5-7,16H,1-4H2,(H2,12,14)/t6-,7+/m1/s1. The number of nitrogen functional groups attached to an aromatic ring is 1. The third-order valence-electron chi connectivity index (χ3n) is 3.54. The molecule has 0 saturated heterocycles. The van der Waals surface area contributed by atoms with E-state index in [1.165, 1.54) is 0 Å². The highest BCUT2D eigenvalue weighted by Crippen LogP contribution is 2.35. The number of rotatable bonds is 2. The third-order valence-corrected chi connectivity index (χ3v) is 3.54. The van der Waals surface area contributed by atoms with E-state index in [0.717, 1.165) is 19.3 Å². The van der Waals surface area contributed by atoms with E-state index in [1.807, 2.05) is 4.57 Å². The minimum absolute atomic E-state index is 0.147. The molecule has 96 valence electrons. The maximum absolute atomic E-state index is 11.5. The number of fused-ring (bicyclic) bond motifs is 1. The van der Waals surface area contributed by atoms with Crippen molar-refractivity contribution in [2.75, 3.05) is 12.3 Å². The molecule has 1 fully saturated rings. The van der Waals surface area contributed by atoms with Crippen LogP contribution in [0.3, 0.4) is 0 Å².